The normalized spacial score (nSPS) is 18.7. The average molecular weight is 248 g/mol. The number of rotatable bonds is 2. The van der Waals surface area contributed by atoms with Gasteiger partial charge in [0.1, 0.15) is 0 Å². The van der Waals surface area contributed by atoms with Gasteiger partial charge >= 0.3 is 5.97 Å². The summed E-state index contributed by atoms with van der Waals surface area (Å²) in [5, 5.41) is 9.07. The lowest BCUT2D eigenvalue weighted by Gasteiger charge is -2.38. The molecule has 0 atom stereocenters. The second-order valence-electron chi connectivity index (χ2n) is 5.69. The lowest BCUT2D eigenvalue weighted by Crippen LogP contribution is -2.37. The van der Waals surface area contributed by atoms with Crippen LogP contribution in [0.25, 0.3) is 0 Å². The molecule has 4 heteroatoms. The third-order valence-electron chi connectivity index (χ3n) is 3.77. The molecular formula is C14H20N2O2. The van der Waals surface area contributed by atoms with Gasteiger partial charge in [-0.1, -0.05) is 19.9 Å². The van der Waals surface area contributed by atoms with Gasteiger partial charge in [0.25, 0.3) is 0 Å². The number of piperidine rings is 1. The maximum absolute atomic E-state index is 11.1. The van der Waals surface area contributed by atoms with Crippen LogP contribution in [0.15, 0.2) is 18.2 Å². The number of hydrogen-bond donors (Lipinski definition) is 2. The van der Waals surface area contributed by atoms with Crippen LogP contribution in [-0.4, -0.2) is 24.2 Å². The molecule has 4 nitrogen and oxygen atoms in total. The summed E-state index contributed by atoms with van der Waals surface area (Å²) >= 11 is 0. The van der Waals surface area contributed by atoms with Crippen molar-refractivity contribution in [1.82, 2.24) is 0 Å². The highest BCUT2D eigenvalue weighted by Gasteiger charge is 2.26. The van der Waals surface area contributed by atoms with Gasteiger partial charge in [0.15, 0.2) is 0 Å². The van der Waals surface area contributed by atoms with Crippen LogP contribution in [0.4, 0.5) is 11.4 Å². The molecule has 0 aromatic heterocycles. The SMILES string of the molecule is CC1(C)CCN(c2cccc(C(=O)O)c2N)CC1. The first-order valence-corrected chi connectivity index (χ1v) is 6.27. The quantitative estimate of drug-likeness (QED) is 0.789. The number of carbonyl (C=O) groups is 1. The van der Waals surface area contributed by atoms with E-state index in [1.54, 1.807) is 12.1 Å². The van der Waals surface area contributed by atoms with Gasteiger partial charge in [0.05, 0.1) is 16.9 Å². The number of nitrogens with zero attached hydrogens (tertiary/aromatic N) is 1. The minimum absolute atomic E-state index is 0.192. The van der Waals surface area contributed by atoms with Crippen molar-refractivity contribution >= 4 is 17.3 Å². The summed E-state index contributed by atoms with van der Waals surface area (Å²) in [6, 6.07) is 5.21. The fourth-order valence-electron chi connectivity index (χ4n) is 2.37. The van der Waals surface area contributed by atoms with Crippen molar-refractivity contribution in [1.29, 1.82) is 0 Å². The van der Waals surface area contributed by atoms with E-state index in [0.29, 0.717) is 11.1 Å². The molecule has 2 rings (SSSR count). The first-order valence-electron chi connectivity index (χ1n) is 6.27. The van der Waals surface area contributed by atoms with Crippen molar-refractivity contribution in [3.63, 3.8) is 0 Å². The molecule has 1 aliphatic heterocycles. The van der Waals surface area contributed by atoms with Crippen molar-refractivity contribution in [2.75, 3.05) is 23.7 Å². The van der Waals surface area contributed by atoms with Crippen molar-refractivity contribution in [3.05, 3.63) is 23.8 Å². The molecule has 1 aliphatic rings. The van der Waals surface area contributed by atoms with Gasteiger partial charge in [-0.3, -0.25) is 0 Å². The summed E-state index contributed by atoms with van der Waals surface area (Å²) < 4.78 is 0. The van der Waals surface area contributed by atoms with Crippen molar-refractivity contribution in [3.8, 4) is 0 Å². The minimum Gasteiger partial charge on any atom is -0.478 e. The molecule has 3 N–H and O–H groups in total. The number of nitrogens with two attached hydrogens (primary N) is 1. The van der Waals surface area contributed by atoms with E-state index in [-0.39, 0.29) is 5.56 Å². The Balaban J connectivity index is 2.25. The van der Waals surface area contributed by atoms with Crippen LogP contribution in [0.2, 0.25) is 0 Å². The van der Waals surface area contributed by atoms with Crippen molar-refractivity contribution < 1.29 is 9.90 Å². The number of carboxylic acid groups (broad SMARTS) is 1. The molecule has 0 radical (unpaired) electrons. The van der Waals surface area contributed by atoms with Crippen LogP contribution in [0.1, 0.15) is 37.0 Å². The van der Waals surface area contributed by atoms with Gasteiger partial charge in [-0.15, -0.1) is 0 Å². The molecule has 0 spiro atoms. The number of nitrogen functional groups attached to an aromatic ring is 1. The lowest BCUT2D eigenvalue weighted by molar-refractivity contribution is 0.0698. The summed E-state index contributed by atoms with van der Waals surface area (Å²) in [6.07, 6.45) is 2.20. The minimum atomic E-state index is -0.966. The zero-order chi connectivity index (χ0) is 13.3. The third-order valence-corrected chi connectivity index (χ3v) is 3.77. The molecule has 0 unspecified atom stereocenters. The number of para-hydroxylation sites is 1. The summed E-state index contributed by atoms with van der Waals surface area (Å²) in [4.78, 5) is 13.2. The van der Waals surface area contributed by atoms with Crippen LogP contribution >= 0.6 is 0 Å². The van der Waals surface area contributed by atoms with E-state index in [4.69, 9.17) is 10.8 Å². The molecule has 1 saturated heterocycles. The fraction of sp³-hybridized carbons (Fsp3) is 0.500. The monoisotopic (exact) mass is 248 g/mol. The Morgan fingerprint density at radius 1 is 1.33 bits per heavy atom. The second kappa shape index (κ2) is 4.52. The van der Waals surface area contributed by atoms with Gasteiger partial charge in [0, 0.05) is 13.1 Å². The van der Waals surface area contributed by atoms with E-state index in [0.717, 1.165) is 31.6 Å². The topological polar surface area (TPSA) is 66.6 Å². The first kappa shape index (κ1) is 12.7. The van der Waals surface area contributed by atoms with Crippen LogP contribution in [0, 0.1) is 5.41 Å². The Morgan fingerprint density at radius 3 is 2.50 bits per heavy atom. The van der Waals surface area contributed by atoms with E-state index in [1.807, 2.05) is 6.07 Å². The van der Waals surface area contributed by atoms with Crippen LogP contribution in [0.3, 0.4) is 0 Å². The molecule has 1 heterocycles. The summed E-state index contributed by atoms with van der Waals surface area (Å²) in [7, 11) is 0. The third kappa shape index (κ3) is 2.42. The van der Waals surface area contributed by atoms with Crippen molar-refractivity contribution in [2.24, 2.45) is 5.41 Å². The predicted molar refractivity (Wildman–Crippen MR) is 73.0 cm³/mol. The van der Waals surface area contributed by atoms with E-state index >= 15 is 0 Å². The molecule has 1 aromatic rings. The van der Waals surface area contributed by atoms with Crippen LogP contribution in [-0.2, 0) is 0 Å². The molecule has 0 aliphatic carbocycles. The standard InChI is InChI=1S/C14H20N2O2/c1-14(2)6-8-16(9-7-14)11-5-3-4-10(12(11)15)13(17)18/h3-5H,6-9,15H2,1-2H3,(H,17,18). The Kier molecular flexibility index (Phi) is 3.20. The molecule has 1 fully saturated rings. The number of anilines is 2. The summed E-state index contributed by atoms with van der Waals surface area (Å²) in [5.74, 6) is -0.966. The predicted octanol–water partition coefficient (Wildman–Crippen LogP) is 2.59. The van der Waals surface area contributed by atoms with Crippen LogP contribution < -0.4 is 10.6 Å². The maximum Gasteiger partial charge on any atom is 0.337 e. The number of hydrogen-bond acceptors (Lipinski definition) is 3. The number of carboxylic acids is 1. The Labute approximate surface area is 107 Å². The average Bonchev–Trinajstić information content (AvgIpc) is 2.29. The molecule has 0 amide bonds. The highest BCUT2D eigenvalue weighted by Crippen LogP contribution is 2.35. The highest BCUT2D eigenvalue weighted by molar-refractivity contribution is 5.97. The zero-order valence-corrected chi connectivity index (χ0v) is 10.9. The Bertz CT molecular complexity index is 459. The van der Waals surface area contributed by atoms with Crippen molar-refractivity contribution in [2.45, 2.75) is 26.7 Å². The van der Waals surface area contributed by atoms with Gasteiger partial charge < -0.3 is 15.7 Å². The van der Waals surface area contributed by atoms with Gasteiger partial charge in [-0.05, 0) is 30.4 Å². The van der Waals surface area contributed by atoms with E-state index in [2.05, 4.69) is 18.7 Å². The number of benzene rings is 1. The molecule has 98 valence electrons. The molecule has 0 bridgehead atoms. The first-order chi connectivity index (χ1) is 8.41. The molecular weight excluding hydrogens is 228 g/mol. The van der Waals surface area contributed by atoms with Crippen LogP contribution in [0.5, 0.6) is 0 Å². The molecule has 0 saturated carbocycles. The smallest absolute Gasteiger partial charge is 0.337 e. The summed E-state index contributed by atoms with van der Waals surface area (Å²) in [5.41, 5.74) is 7.75. The zero-order valence-electron chi connectivity index (χ0n) is 10.9. The van der Waals surface area contributed by atoms with E-state index < -0.39 is 5.97 Å². The van der Waals surface area contributed by atoms with Gasteiger partial charge in [0.2, 0.25) is 0 Å². The fourth-order valence-corrected chi connectivity index (χ4v) is 2.37. The Hall–Kier alpha value is -1.71. The van der Waals surface area contributed by atoms with Gasteiger partial charge in [-0.25, -0.2) is 4.79 Å². The number of aromatic carboxylic acids is 1. The summed E-state index contributed by atoms with van der Waals surface area (Å²) in [6.45, 7) is 6.39. The largest absolute Gasteiger partial charge is 0.478 e. The van der Waals surface area contributed by atoms with Gasteiger partial charge in [-0.2, -0.15) is 0 Å². The maximum atomic E-state index is 11.1. The van der Waals surface area contributed by atoms with E-state index in [9.17, 15) is 4.79 Å². The molecule has 1 aromatic carbocycles. The van der Waals surface area contributed by atoms with E-state index in [1.165, 1.54) is 0 Å². The highest BCUT2D eigenvalue weighted by atomic mass is 16.4. The molecule has 18 heavy (non-hydrogen) atoms. The lowest BCUT2D eigenvalue weighted by atomic mass is 9.82. The second-order valence-corrected chi connectivity index (χ2v) is 5.69. The Morgan fingerprint density at radius 2 is 1.94 bits per heavy atom.